The third-order valence-electron chi connectivity index (χ3n) is 4.44. The number of fused-ring (bicyclic) bond motifs is 1. The Morgan fingerprint density at radius 3 is 2.38 bits per heavy atom. The van der Waals surface area contributed by atoms with Crippen LogP contribution in [0.25, 0.3) is 10.8 Å². The highest BCUT2D eigenvalue weighted by atomic mass is 32.1. The van der Waals surface area contributed by atoms with Gasteiger partial charge in [0.2, 0.25) is 0 Å². The second-order valence-corrected chi connectivity index (χ2v) is 7.30. The van der Waals surface area contributed by atoms with Crippen molar-refractivity contribution in [2.75, 3.05) is 10.6 Å². The number of hydrogen-bond acceptors (Lipinski definition) is 5. The molecule has 0 aliphatic carbocycles. The standard InChI is InChI=1S/C22H18N4O2S/c23-20(27)18-13-29-22(25-18)26-21(28)19(15-7-2-1-3-8-15)24-17-11-10-14-6-4-5-9-16(14)12-17/h1-13,19,24H,(H2,23,27)(H,25,26,28). The van der Waals surface area contributed by atoms with Gasteiger partial charge in [-0.1, -0.05) is 60.7 Å². The van der Waals surface area contributed by atoms with Gasteiger partial charge in [0.15, 0.2) is 5.13 Å². The number of thiazole rings is 1. The summed E-state index contributed by atoms with van der Waals surface area (Å²) in [6.07, 6.45) is 0. The summed E-state index contributed by atoms with van der Waals surface area (Å²) in [7, 11) is 0. The van der Waals surface area contributed by atoms with Gasteiger partial charge in [0.1, 0.15) is 11.7 Å². The molecule has 7 heteroatoms. The van der Waals surface area contributed by atoms with Gasteiger partial charge in [0.25, 0.3) is 11.8 Å². The minimum Gasteiger partial charge on any atom is -0.370 e. The van der Waals surface area contributed by atoms with Crippen molar-refractivity contribution in [2.24, 2.45) is 5.73 Å². The third kappa shape index (κ3) is 4.25. The van der Waals surface area contributed by atoms with Gasteiger partial charge in [0, 0.05) is 11.1 Å². The molecule has 0 spiro atoms. The minimum absolute atomic E-state index is 0.129. The van der Waals surface area contributed by atoms with Crippen LogP contribution in [0.3, 0.4) is 0 Å². The summed E-state index contributed by atoms with van der Waals surface area (Å²) < 4.78 is 0. The zero-order valence-corrected chi connectivity index (χ0v) is 16.1. The number of hydrogen-bond donors (Lipinski definition) is 3. The van der Waals surface area contributed by atoms with E-state index >= 15 is 0 Å². The van der Waals surface area contributed by atoms with Crippen LogP contribution in [0.4, 0.5) is 10.8 Å². The van der Waals surface area contributed by atoms with E-state index < -0.39 is 11.9 Å². The van der Waals surface area contributed by atoms with Gasteiger partial charge < -0.3 is 11.1 Å². The van der Waals surface area contributed by atoms with Gasteiger partial charge in [-0.2, -0.15) is 0 Å². The number of amides is 2. The van der Waals surface area contributed by atoms with Gasteiger partial charge in [-0.25, -0.2) is 4.98 Å². The number of rotatable bonds is 6. The Labute approximate surface area is 171 Å². The van der Waals surface area contributed by atoms with Gasteiger partial charge in [0.05, 0.1) is 0 Å². The summed E-state index contributed by atoms with van der Waals surface area (Å²) >= 11 is 1.16. The van der Waals surface area contributed by atoms with Crippen molar-refractivity contribution >= 4 is 44.7 Å². The van der Waals surface area contributed by atoms with Gasteiger partial charge in [-0.15, -0.1) is 11.3 Å². The number of nitrogens with one attached hydrogen (secondary N) is 2. The van der Waals surface area contributed by atoms with Crippen LogP contribution in [0, 0.1) is 0 Å². The zero-order valence-electron chi connectivity index (χ0n) is 15.3. The van der Waals surface area contributed by atoms with Gasteiger partial charge in [-0.3, -0.25) is 14.9 Å². The van der Waals surface area contributed by atoms with Crippen molar-refractivity contribution in [2.45, 2.75) is 6.04 Å². The third-order valence-corrected chi connectivity index (χ3v) is 5.20. The maximum atomic E-state index is 13.0. The number of benzene rings is 3. The summed E-state index contributed by atoms with van der Waals surface area (Å²) in [6.45, 7) is 0. The van der Waals surface area contributed by atoms with E-state index in [2.05, 4.69) is 15.6 Å². The van der Waals surface area contributed by atoms with Gasteiger partial charge in [-0.05, 0) is 28.5 Å². The lowest BCUT2D eigenvalue weighted by Gasteiger charge is -2.19. The molecule has 0 bridgehead atoms. The molecule has 6 nitrogen and oxygen atoms in total. The maximum absolute atomic E-state index is 13.0. The fourth-order valence-corrected chi connectivity index (χ4v) is 3.72. The molecule has 0 fully saturated rings. The number of nitrogens with two attached hydrogens (primary N) is 1. The molecular formula is C22H18N4O2S. The fraction of sp³-hybridized carbons (Fsp3) is 0.0455. The Bertz CT molecular complexity index is 1170. The summed E-state index contributed by atoms with van der Waals surface area (Å²) in [5.41, 5.74) is 7.00. The Balaban J connectivity index is 1.61. The minimum atomic E-state index is -0.640. The second kappa shape index (κ2) is 8.12. The van der Waals surface area contributed by atoms with Crippen molar-refractivity contribution in [3.63, 3.8) is 0 Å². The normalized spacial score (nSPS) is 11.7. The molecule has 0 aliphatic heterocycles. The molecule has 1 aromatic heterocycles. The molecule has 29 heavy (non-hydrogen) atoms. The number of nitrogens with zero attached hydrogens (tertiary/aromatic N) is 1. The number of carbonyl (C=O) groups excluding carboxylic acids is 2. The highest BCUT2D eigenvalue weighted by Crippen LogP contribution is 2.25. The largest absolute Gasteiger partial charge is 0.370 e. The van der Waals surface area contributed by atoms with Crippen LogP contribution in [0.2, 0.25) is 0 Å². The molecule has 0 aliphatic rings. The highest BCUT2D eigenvalue weighted by molar-refractivity contribution is 7.14. The Kier molecular flexibility index (Phi) is 5.22. The zero-order chi connectivity index (χ0) is 20.2. The van der Waals surface area contributed by atoms with Crippen molar-refractivity contribution in [1.29, 1.82) is 0 Å². The number of aromatic nitrogens is 1. The van der Waals surface area contributed by atoms with E-state index in [0.717, 1.165) is 33.4 Å². The van der Waals surface area contributed by atoms with E-state index in [4.69, 9.17) is 5.73 Å². The molecule has 4 N–H and O–H groups in total. The van der Waals surface area contributed by atoms with Crippen molar-refractivity contribution < 1.29 is 9.59 Å². The molecule has 3 aromatic carbocycles. The van der Waals surface area contributed by atoms with E-state index in [0.29, 0.717) is 5.13 Å². The lowest BCUT2D eigenvalue weighted by atomic mass is 10.0. The summed E-state index contributed by atoms with van der Waals surface area (Å²) in [4.78, 5) is 28.3. The van der Waals surface area contributed by atoms with Crippen LogP contribution < -0.4 is 16.4 Å². The van der Waals surface area contributed by atoms with Crippen molar-refractivity contribution in [1.82, 2.24) is 4.98 Å². The maximum Gasteiger partial charge on any atom is 0.268 e. The molecule has 1 atom stereocenters. The molecule has 1 heterocycles. The quantitative estimate of drug-likeness (QED) is 0.450. The molecule has 2 amide bonds. The summed E-state index contributed by atoms with van der Waals surface area (Å²) in [5, 5.41) is 10.1. The Hall–Kier alpha value is -3.71. The van der Waals surface area contributed by atoms with E-state index in [1.165, 1.54) is 5.38 Å². The molecule has 4 rings (SSSR count). The van der Waals surface area contributed by atoms with Crippen LogP contribution in [0.5, 0.6) is 0 Å². The van der Waals surface area contributed by atoms with Crippen molar-refractivity contribution in [3.8, 4) is 0 Å². The topological polar surface area (TPSA) is 97.1 Å². The first-order chi connectivity index (χ1) is 14.1. The first kappa shape index (κ1) is 18.6. The molecule has 0 saturated carbocycles. The lowest BCUT2D eigenvalue weighted by molar-refractivity contribution is -0.117. The van der Waals surface area contributed by atoms with E-state index in [1.807, 2.05) is 72.8 Å². The number of primary amides is 1. The number of anilines is 2. The van der Waals surface area contributed by atoms with E-state index in [-0.39, 0.29) is 11.6 Å². The molecule has 0 radical (unpaired) electrons. The molecule has 4 aromatic rings. The first-order valence-electron chi connectivity index (χ1n) is 8.96. The molecule has 144 valence electrons. The second-order valence-electron chi connectivity index (χ2n) is 6.44. The van der Waals surface area contributed by atoms with Crippen LogP contribution >= 0.6 is 11.3 Å². The van der Waals surface area contributed by atoms with Crippen LogP contribution in [-0.4, -0.2) is 16.8 Å². The Morgan fingerprint density at radius 1 is 0.931 bits per heavy atom. The molecule has 1 unspecified atom stereocenters. The molecular weight excluding hydrogens is 384 g/mol. The average molecular weight is 402 g/mol. The summed E-state index contributed by atoms with van der Waals surface area (Å²) in [6, 6.07) is 22.8. The van der Waals surface area contributed by atoms with E-state index in [9.17, 15) is 9.59 Å². The highest BCUT2D eigenvalue weighted by Gasteiger charge is 2.22. The average Bonchev–Trinajstić information content (AvgIpc) is 3.21. The van der Waals surface area contributed by atoms with Crippen molar-refractivity contribution in [3.05, 3.63) is 89.4 Å². The van der Waals surface area contributed by atoms with Gasteiger partial charge >= 0.3 is 0 Å². The van der Waals surface area contributed by atoms with Crippen LogP contribution in [-0.2, 0) is 4.79 Å². The number of carbonyl (C=O) groups is 2. The lowest BCUT2D eigenvalue weighted by Crippen LogP contribution is -2.27. The first-order valence-corrected chi connectivity index (χ1v) is 9.84. The Morgan fingerprint density at radius 2 is 1.66 bits per heavy atom. The van der Waals surface area contributed by atoms with Crippen LogP contribution in [0.15, 0.2) is 78.2 Å². The predicted molar refractivity (Wildman–Crippen MR) is 116 cm³/mol. The SMILES string of the molecule is NC(=O)c1csc(NC(=O)C(Nc2ccc3ccccc3c2)c2ccccc2)n1. The fourth-order valence-electron chi connectivity index (χ4n) is 3.01. The molecule has 0 saturated heterocycles. The summed E-state index contributed by atoms with van der Waals surface area (Å²) in [5.74, 6) is -0.912. The van der Waals surface area contributed by atoms with E-state index in [1.54, 1.807) is 0 Å². The predicted octanol–water partition coefficient (Wildman–Crippen LogP) is 4.19. The monoisotopic (exact) mass is 402 g/mol. The van der Waals surface area contributed by atoms with Crippen LogP contribution in [0.1, 0.15) is 22.1 Å². The smallest absolute Gasteiger partial charge is 0.268 e.